The topological polar surface area (TPSA) is 24.9 Å². The van der Waals surface area contributed by atoms with Gasteiger partial charge in [0.25, 0.3) is 0 Å². The number of hydrogen-bond acceptors (Lipinski definition) is 3. The molecule has 0 aromatic carbocycles. The minimum Gasteiger partial charge on any atom is -0.370 e. The Morgan fingerprint density at radius 1 is 1.60 bits per heavy atom. The third-order valence-corrected chi connectivity index (χ3v) is 1.37. The molecule has 1 aromatic rings. The molecule has 0 aliphatic carbocycles. The molecule has 0 saturated carbocycles. The fourth-order valence-electron chi connectivity index (χ4n) is 0.672. The van der Waals surface area contributed by atoms with Crippen molar-refractivity contribution in [1.82, 2.24) is 4.98 Å². The molecule has 0 bridgehead atoms. The lowest BCUT2D eigenvalue weighted by atomic mass is 10.4. The van der Waals surface area contributed by atoms with Crippen molar-refractivity contribution >= 4 is 18.4 Å². The highest BCUT2D eigenvalue weighted by Gasteiger charge is 1.88. The van der Waals surface area contributed by atoms with Crippen LogP contribution >= 0.6 is 12.6 Å². The summed E-state index contributed by atoms with van der Waals surface area (Å²) in [6.07, 6.45) is 1.72. The number of anilines is 1. The molecule has 0 fully saturated rings. The van der Waals surface area contributed by atoms with E-state index in [1.807, 2.05) is 19.1 Å². The lowest BCUT2D eigenvalue weighted by Gasteiger charge is -1.99. The van der Waals surface area contributed by atoms with Gasteiger partial charge in [0.2, 0.25) is 0 Å². The summed E-state index contributed by atoms with van der Waals surface area (Å²) in [4.78, 5) is 4.97. The molecular formula is C7H10N2S. The van der Waals surface area contributed by atoms with E-state index in [0.29, 0.717) is 0 Å². The highest BCUT2D eigenvalue weighted by atomic mass is 32.1. The van der Waals surface area contributed by atoms with Crippen LogP contribution in [0.15, 0.2) is 23.2 Å². The van der Waals surface area contributed by atoms with Crippen molar-refractivity contribution in [3.63, 3.8) is 0 Å². The van der Waals surface area contributed by atoms with E-state index < -0.39 is 0 Å². The Morgan fingerprint density at radius 3 is 2.90 bits per heavy atom. The summed E-state index contributed by atoms with van der Waals surface area (Å²) in [6.45, 7) is 2.94. The van der Waals surface area contributed by atoms with Crippen molar-refractivity contribution in [3.8, 4) is 0 Å². The van der Waals surface area contributed by atoms with E-state index in [1.54, 1.807) is 6.20 Å². The Labute approximate surface area is 66.1 Å². The van der Waals surface area contributed by atoms with Crippen LogP contribution in [0.4, 0.5) is 5.82 Å². The number of nitrogens with one attached hydrogen (secondary N) is 1. The smallest absolute Gasteiger partial charge is 0.125 e. The first kappa shape index (κ1) is 7.41. The van der Waals surface area contributed by atoms with Gasteiger partial charge in [0.05, 0.1) is 0 Å². The van der Waals surface area contributed by atoms with E-state index in [-0.39, 0.29) is 0 Å². The molecule has 3 heteroatoms. The average molecular weight is 154 g/mol. The van der Waals surface area contributed by atoms with Crippen LogP contribution in [0, 0.1) is 0 Å². The lowest BCUT2D eigenvalue weighted by Crippen LogP contribution is -1.97. The first-order chi connectivity index (χ1) is 4.83. The Bertz CT molecular complexity index is 195. The second-order valence-corrected chi connectivity index (χ2v) is 2.45. The molecule has 1 aromatic heterocycles. The van der Waals surface area contributed by atoms with E-state index in [1.165, 1.54) is 0 Å². The standard InChI is InChI=1S/C7H10N2S/c1-2-8-7-4-3-6(10)5-9-7/h3-5,10H,2H2,1H3,(H,8,9). The first-order valence-electron chi connectivity index (χ1n) is 3.22. The summed E-state index contributed by atoms with van der Waals surface area (Å²) in [5.74, 6) is 0.903. The zero-order chi connectivity index (χ0) is 7.40. The van der Waals surface area contributed by atoms with Crippen LogP contribution in [-0.2, 0) is 0 Å². The van der Waals surface area contributed by atoms with Gasteiger partial charge in [-0.3, -0.25) is 0 Å². The molecule has 0 unspecified atom stereocenters. The average Bonchev–Trinajstić information content (AvgIpc) is 1.95. The summed E-state index contributed by atoms with van der Waals surface area (Å²) in [5.41, 5.74) is 0. The first-order valence-corrected chi connectivity index (χ1v) is 3.66. The van der Waals surface area contributed by atoms with Crippen LogP contribution in [0.5, 0.6) is 0 Å². The second kappa shape index (κ2) is 3.46. The maximum absolute atomic E-state index is 4.11. The molecule has 2 nitrogen and oxygen atoms in total. The molecule has 54 valence electrons. The number of rotatable bonds is 2. The van der Waals surface area contributed by atoms with Gasteiger partial charge in [-0.15, -0.1) is 12.6 Å². The number of hydrogen-bond donors (Lipinski definition) is 2. The minimum atomic E-state index is 0.890. The molecule has 0 amide bonds. The van der Waals surface area contributed by atoms with Crippen molar-refractivity contribution < 1.29 is 0 Å². The highest BCUT2D eigenvalue weighted by molar-refractivity contribution is 7.80. The van der Waals surface area contributed by atoms with Crippen LogP contribution in [0.25, 0.3) is 0 Å². The van der Waals surface area contributed by atoms with Crippen LogP contribution < -0.4 is 5.32 Å². The van der Waals surface area contributed by atoms with Crippen LogP contribution in [-0.4, -0.2) is 11.5 Å². The second-order valence-electron chi connectivity index (χ2n) is 1.93. The van der Waals surface area contributed by atoms with Gasteiger partial charge in [0.1, 0.15) is 5.82 Å². The third-order valence-electron chi connectivity index (χ3n) is 1.11. The molecule has 0 spiro atoms. The van der Waals surface area contributed by atoms with Crippen LogP contribution in [0.3, 0.4) is 0 Å². The van der Waals surface area contributed by atoms with Gasteiger partial charge >= 0.3 is 0 Å². The predicted octanol–water partition coefficient (Wildman–Crippen LogP) is 1.80. The zero-order valence-electron chi connectivity index (χ0n) is 5.83. The van der Waals surface area contributed by atoms with Crippen molar-refractivity contribution in [2.45, 2.75) is 11.8 Å². The maximum Gasteiger partial charge on any atom is 0.125 e. The van der Waals surface area contributed by atoms with Crippen LogP contribution in [0.1, 0.15) is 6.92 Å². The maximum atomic E-state index is 4.11. The highest BCUT2D eigenvalue weighted by Crippen LogP contribution is 2.06. The quantitative estimate of drug-likeness (QED) is 0.635. The van der Waals surface area contributed by atoms with E-state index in [0.717, 1.165) is 17.3 Å². The SMILES string of the molecule is CCNc1ccc(S)cn1. The fourth-order valence-corrected chi connectivity index (χ4v) is 0.804. The minimum absolute atomic E-state index is 0.890. The molecule has 0 atom stereocenters. The van der Waals surface area contributed by atoms with Gasteiger partial charge in [0.15, 0.2) is 0 Å². The normalized spacial score (nSPS) is 9.40. The van der Waals surface area contributed by atoms with Gasteiger partial charge < -0.3 is 5.32 Å². The molecule has 0 aliphatic rings. The summed E-state index contributed by atoms with van der Waals surface area (Å²) < 4.78 is 0. The molecule has 10 heavy (non-hydrogen) atoms. The monoisotopic (exact) mass is 154 g/mol. The lowest BCUT2D eigenvalue weighted by molar-refractivity contribution is 1.14. The summed E-state index contributed by atoms with van der Waals surface area (Å²) in [7, 11) is 0. The summed E-state index contributed by atoms with van der Waals surface area (Å²) >= 11 is 4.11. The van der Waals surface area contributed by atoms with Crippen molar-refractivity contribution in [2.75, 3.05) is 11.9 Å². The van der Waals surface area contributed by atoms with Crippen molar-refractivity contribution in [3.05, 3.63) is 18.3 Å². The third kappa shape index (κ3) is 1.92. The molecule has 1 rings (SSSR count). The number of pyridine rings is 1. The summed E-state index contributed by atoms with van der Waals surface area (Å²) in [5, 5.41) is 3.09. The van der Waals surface area contributed by atoms with E-state index in [4.69, 9.17) is 0 Å². The van der Waals surface area contributed by atoms with Crippen LogP contribution in [0.2, 0.25) is 0 Å². The van der Waals surface area contributed by atoms with E-state index in [9.17, 15) is 0 Å². The number of thiol groups is 1. The molecule has 0 saturated heterocycles. The van der Waals surface area contributed by atoms with Gasteiger partial charge in [-0.2, -0.15) is 0 Å². The summed E-state index contributed by atoms with van der Waals surface area (Å²) in [6, 6.07) is 3.82. The predicted molar refractivity (Wildman–Crippen MR) is 45.7 cm³/mol. The largest absolute Gasteiger partial charge is 0.370 e. The Hall–Kier alpha value is -0.700. The molecule has 0 radical (unpaired) electrons. The number of nitrogens with zero attached hydrogens (tertiary/aromatic N) is 1. The van der Waals surface area contributed by atoms with Gasteiger partial charge in [-0.25, -0.2) is 4.98 Å². The van der Waals surface area contributed by atoms with Crippen molar-refractivity contribution in [2.24, 2.45) is 0 Å². The van der Waals surface area contributed by atoms with Gasteiger partial charge in [0, 0.05) is 17.6 Å². The Balaban J connectivity index is 2.69. The Morgan fingerprint density at radius 2 is 2.40 bits per heavy atom. The zero-order valence-corrected chi connectivity index (χ0v) is 6.73. The van der Waals surface area contributed by atoms with Crippen molar-refractivity contribution in [1.29, 1.82) is 0 Å². The van der Waals surface area contributed by atoms with E-state index in [2.05, 4.69) is 22.9 Å². The fraction of sp³-hybridized carbons (Fsp3) is 0.286. The number of aromatic nitrogens is 1. The molecule has 0 aliphatic heterocycles. The van der Waals surface area contributed by atoms with E-state index >= 15 is 0 Å². The molecule has 1 heterocycles. The van der Waals surface area contributed by atoms with Gasteiger partial charge in [-0.1, -0.05) is 0 Å². The molecule has 1 N–H and O–H groups in total. The molecular weight excluding hydrogens is 144 g/mol. The van der Waals surface area contributed by atoms with Gasteiger partial charge in [-0.05, 0) is 19.1 Å². The Kier molecular flexibility index (Phi) is 2.57.